The van der Waals surface area contributed by atoms with Crippen LogP contribution in [0, 0.1) is 11.3 Å². The molecular weight excluding hydrogens is 266 g/mol. The summed E-state index contributed by atoms with van der Waals surface area (Å²) in [6, 6.07) is 10.9. The molecule has 1 aromatic carbocycles. The van der Waals surface area contributed by atoms with Gasteiger partial charge in [0.15, 0.2) is 0 Å². The van der Waals surface area contributed by atoms with Crippen LogP contribution >= 0.6 is 0 Å². The number of hydrogen-bond donors (Lipinski definition) is 1. The minimum atomic E-state index is -0.141. The van der Waals surface area contributed by atoms with Crippen LogP contribution < -0.4 is 15.2 Å². The maximum absolute atomic E-state index is 8.85. The Hall–Kier alpha value is -2.58. The number of methoxy groups -OCH3 is 1. The lowest BCUT2D eigenvalue weighted by Crippen LogP contribution is -2.08. The highest BCUT2D eigenvalue weighted by Crippen LogP contribution is 2.29. The van der Waals surface area contributed by atoms with E-state index in [4.69, 9.17) is 20.5 Å². The van der Waals surface area contributed by atoms with Gasteiger partial charge in [0.25, 0.3) is 0 Å². The molecule has 108 valence electrons. The van der Waals surface area contributed by atoms with Crippen molar-refractivity contribution in [1.29, 1.82) is 5.26 Å². The average Bonchev–Trinajstić information content (AvgIpc) is 2.52. The third kappa shape index (κ3) is 3.71. The van der Waals surface area contributed by atoms with Gasteiger partial charge < -0.3 is 15.2 Å². The maximum atomic E-state index is 8.85. The Bertz CT molecular complexity index is 663. The molecule has 0 saturated carbocycles. The van der Waals surface area contributed by atoms with Gasteiger partial charge in [0.1, 0.15) is 29.9 Å². The zero-order valence-corrected chi connectivity index (χ0v) is 12.0. The number of benzene rings is 1. The molecule has 0 radical (unpaired) electrons. The lowest BCUT2D eigenvalue weighted by atomic mass is 10.1. The van der Waals surface area contributed by atoms with Crippen molar-refractivity contribution >= 4 is 0 Å². The molecule has 0 saturated heterocycles. The molecule has 0 aliphatic carbocycles. The van der Waals surface area contributed by atoms with Crippen molar-refractivity contribution in [3.8, 4) is 17.6 Å². The highest BCUT2D eigenvalue weighted by Gasteiger charge is 2.10. The van der Waals surface area contributed by atoms with Crippen molar-refractivity contribution in [2.75, 3.05) is 7.11 Å². The summed E-state index contributed by atoms with van der Waals surface area (Å²) in [6.45, 7) is 2.24. The molecule has 0 bridgehead atoms. The summed E-state index contributed by atoms with van der Waals surface area (Å²) in [7, 11) is 1.60. The van der Waals surface area contributed by atoms with Gasteiger partial charge in [-0.1, -0.05) is 6.07 Å². The van der Waals surface area contributed by atoms with Gasteiger partial charge in [-0.3, -0.25) is 0 Å². The minimum absolute atomic E-state index is 0.141. The van der Waals surface area contributed by atoms with Crippen LogP contribution in [0.5, 0.6) is 11.5 Å². The van der Waals surface area contributed by atoms with Crippen LogP contribution in [0.15, 0.2) is 36.5 Å². The number of nitrogens with two attached hydrogens (primary N) is 1. The first-order valence-corrected chi connectivity index (χ1v) is 6.55. The molecule has 5 heteroatoms. The highest BCUT2D eigenvalue weighted by atomic mass is 16.5. The van der Waals surface area contributed by atoms with Gasteiger partial charge in [-0.25, -0.2) is 4.98 Å². The molecule has 1 unspecified atom stereocenters. The molecule has 2 N–H and O–H groups in total. The maximum Gasteiger partial charge on any atom is 0.140 e. The number of nitriles is 1. The second kappa shape index (κ2) is 6.73. The SMILES string of the molecule is COc1ccc(C(C)N)c(OCc2ccnc(C#N)c2)c1. The Labute approximate surface area is 123 Å². The second-order valence-electron chi connectivity index (χ2n) is 4.64. The topological polar surface area (TPSA) is 81.2 Å². The molecular formula is C16H17N3O2. The molecule has 21 heavy (non-hydrogen) atoms. The number of ether oxygens (including phenoxy) is 2. The van der Waals surface area contributed by atoms with Crippen molar-refractivity contribution in [3.63, 3.8) is 0 Å². The van der Waals surface area contributed by atoms with Gasteiger partial charge in [0.2, 0.25) is 0 Å². The molecule has 0 aliphatic heterocycles. The monoisotopic (exact) mass is 283 g/mol. The fourth-order valence-corrected chi connectivity index (χ4v) is 1.93. The van der Waals surface area contributed by atoms with E-state index in [9.17, 15) is 0 Å². The number of pyridine rings is 1. The van der Waals surface area contributed by atoms with E-state index in [1.165, 1.54) is 0 Å². The van der Waals surface area contributed by atoms with Crippen LogP contribution in [0.4, 0.5) is 0 Å². The Morgan fingerprint density at radius 2 is 2.14 bits per heavy atom. The van der Waals surface area contributed by atoms with Crippen LogP contribution in [0.3, 0.4) is 0 Å². The average molecular weight is 283 g/mol. The first-order chi connectivity index (χ1) is 10.1. The Kier molecular flexibility index (Phi) is 4.75. The Morgan fingerprint density at radius 1 is 1.33 bits per heavy atom. The standard InChI is InChI=1S/C16H17N3O2/c1-11(18)15-4-3-14(20-2)8-16(15)21-10-12-5-6-19-13(7-12)9-17/h3-8,11H,10,18H2,1-2H3. The van der Waals surface area contributed by atoms with Gasteiger partial charge in [0, 0.05) is 23.9 Å². The van der Waals surface area contributed by atoms with Crippen LogP contribution in [0.1, 0.15) is 29.8 Å². The van der Waals surface area contributed by atoms with Crippen LogP contribution in [0.2, 0.25) is 0 Å². The van der Waals surface area contributed by atoms with Crippen LogP contribution in [0.25, 0.3) is 0 Å². The molecule has 1 atom stereocenters. The number of rotatable bonds is 5. The fourth-order valence-electron chi connectivity index (χ4n) is 1.93. The summed E-state index contributed by atoms with van der Waals surface area (Å²) < 4.78 is 11.0. The normalized spacial score (nSPS) is 11.5. The molecule has 0 fully saturated rings. The van der Waals surface area contributed by atoms with Gasteiger partial charge in [0.05, 0.1) is 7.11 Å². The molecule has 5 nitrogen and oxygen atoms in total. The molecule has 2 rings (SSSR count). The zero-order chi connectivity index (χ0) is 15.2. The van der Waals surface area contributed by atoms with Crippen molar-refractivity contribution < 1.29 is 9.47 Å². The molecule has 1 heterocycles. The highest BCUT2D eigenvalue weighted by molar-refractivity contribution is 5.42. The van der Waals surface area contributed by atoms with Crippen molar-refractivity contribution in [1.82, 2.24) is 4.98 Å². The second-order valence-corrected chi connectivity index (χ2v) is 4.64. The zero-order valence-electron chi connectivity index (χ0n) is 12.0. The Morgan fingerprint density at radius 3 is 2.81 bits per heavy atom. The lowest BCUT2D eigenvalue weighted by molar-refractivity contribution is 0.298. The predicted molar refractivity (Wildman–Crippen MR) is 78.9 cm³/mol. The van der Waals surface area contributed by atoms with E-state index in [1.54, 1.807) is 19.4 Å². The van der Waals surface area contributed by atoms with Gasteiger partial charge in [-0.15, -0.1) is 0 Å². The minimum Gasteiger partial charge on any atom is -0.497 e. The first kappa shape index (κ1) is 14.8. The third-order valence-electron chi connectivity index (χ3n) is 3.04. The van der Waals surface area contributed by atoms with E-state index in [0.717, 1.165) is 11.1 Å². The van der Waals surface area contributed by atoms with E-state index in [-0.39, 0.29) is 6.04 Å². The van der Waals surface area contributed by atoms with E-state index < -0.39 is 0 Å². The summed E-state index contributed by atoms with van der Waals surface area (Å²) in [5.41, 5.74) is 8.10. The third-order valence-corrected chi connectivity index (χ3v) is 3.04. The quantitative estimate of drug-likeness (QED) is 0.912. The molecule has 2 aromatic rings. The smallest absolute Gasteiger partial charge is 0.140 e. The lowest BCUT2D eigenvalue weighted by Gasteiger charge is -2.15. The summed E-state index contributed by atoms with van der Waals surface area (Å²) >= 11 is 0. The molecule has 0 aliphatic rings. The van der Waals surface area contributed by atoms with Gasteiger partial charge >= 0.3 is 0 Å². The molecule has 1 aromatic heterocycles. The van der Waals surface area contributed by atoms with Crippen molar-refractivity contribution in [2.24, 2.45) is 5.73 Å². The van der Waals surface area contributed by atoms with E-state index in [1.807, 2.05) is 37.3 Å². The summed E-state index contributed by atoms with van der Waals surface area (Å²) in [4.78, 5) is 3.93. The van der Waals surface area contributed by atoms with Crippen LogP contribution in [-0.2, 0) is 6.61 Å². The summed E-state index contributed by atoms with van der Waals surface area (Å²) in [6.07, 6.45) is 1.59. The molecule has 0 spiro atoms. The largest absolute Gasteiger partial charge is 0.497 e. The van der Waals surface area contributed by atoms with Gasteiger partial charge in [-0.2, -0.15) is 5.26 Å². The van der Waals surface area contributed by atoms with Crippen LogP contribution in [-0.4, -0.2) is 12.1 Å². The molecule has 0 amide bonds. The number of hydrogen-bond acceptors (Lipinski definition) is 5. The summed E-state index contributed by atoms with van der Waals surface area (Å²) in [5.74, 6) is 1.39. The van der Waals surface area contributed by atoms with Crippen molar-refractivity contribution in [3.05, 3.63) is 53.3 Å². The van der Waals surface area contributed by atoms with Crippen molar-refractivity contribution in [2.45, 2.75) is 19.6 Å². The fraction of sp³-hybridized carbons (Fsp3) is 0.250. The first-order valence-electron chi connectivity index (χ1n) is 6.55. The van der Waals surface area contributed by atoms with Gasteiger partial charge in [-0.05, 0) is 30.7 Å². The predicted octanol–water partition coefficient (Wildman–Crippen LogP) is 2.56. The number of aromatic nitrogens is 1. The van der Waals surface area contributed by atoms with E-state index >= 15 is 0 Å². The van der Waals surface area contributed by atoms with E-state index in [2.05, 4.69) is 4.98 Å². The summed E-state index contributed by atoms with van der Waals surface area (Å²) in [5, 5.41) is 8.85. The Balaban J connectivity index is 2.20. The van der Waals surface area contributed by atoms with E-state index in [0.29, 0.717) is 23.8 Å². The number of nitrogens with zero attached hydrogens (tertiary/aromatic N) is 2.